The number of carbonyl (C=O) groups is 2. The minimum Gasteiger partial charge on any atom is -0.480 e. The van der Waals surface area contributed by atoms with Crippen LogP contribution in [-0.4, -0.2) is 55.0 Å². The number of carbonyl (C=O) groups excluding carboxylic acids is 1. The first kappa shape index (κ1) is 13.4. The van der Waals surface area contributed by atoms with Crippen molar-refractivity contribution >= 4 is 23.6 Å². The summed E-state index contributed by atoms with van der Waals surface area (Å²) in [5.74, 6) is -0.878. The smallest absolute Gasteiger partial charge is 0.323 e. The normalized spacial score (nSPS) is 18.0. The predicted octanol–water partition coefficient (Wildman–Crippen LogP) is 0.781. The molecule has 1 heterocycles. The van der Waals surface area contributed by atoms with E-state index in [0.29, 0.717) is 6.04 Å². The van der Waals surface area contributed by atoms with Crippen molar-refractivity contribution in [1.29, 1.82) is 0 Å². The van der Waals surface area contributed by atoms with E-state index in [1.165, 1.54) is 16.7 Å². The topological polar surface area (TPSA) is 88.3 Å². The summed E-state index contributed by atoms with van der Waals surface area (Å²) in [6, 6.07) is 0.585. The van der Waals surface area contributed by atoms with Crippen molar-refractivity contribution in [2.24, 2.45) is 0 Å². The number of rotatable bonds is 7. The Labute approximate surface area is 120 Å². The first-order chi connectivity index (χ1) is 9.65. The monoisotopic (exact) mass is 296 g/mol. The summed E-state index contributed by atoms with van der Waals surface area (Å²) >= 11 is 1.34. The highest BCUT2D eigenvalue weighted by Crippen LogP contribution is 2.37. The van der Waals surface area contributed by atoms with Crippen molar-refractivity contribution in [3.8, 4) is 0 Å². The molecule has 1 aromatic rings. The van der Waals surface area contributed by atoms with Gasteiger partial charge in [0.2, 0.25) is 5.91 Å². The Morgan fingerprint density at radius 2 is 2.15 bits per heavy atom. The fourth-order valence-electron chi connectivity index (χ4n) is 2.10. The Hall–Kier alpha value is -1.57. The van der Waals surface area contributed by atoms with Gasteiger partial charge in [-0.1, -0.05) is 11.8 Å². The molecule has 1 amide bonds. The Morgan fingerprint density at radius 3 is 2.75 bits per heavy atom. The number of carboxylic acids is 1. The van der Waals surface area contributed by atoms with Crippen LogP contribution in [-0.2, 0) is 9.59 Å². The van der Waals surface area contributed by atoms with E-state index in [1.54, 1.807) is 6.33 Å². The van der Waals surface area contributed by atoms with Gasteiger partial charge in [-0.25, -0.2) is 0 Å². The Kier molecular flexibility index (Phi) is 3.64. The molecule has 0 radical (unpaired) electrons. The van der Waals surface area contributed by atoms with Crippen LogP contribution in [0.4, 0.5) is 0 Å². The number of aromatic nitrogens is 3. The summed E-state index contributed by atoms with van der Waals surface area (Å²) < 4.78 is 2.00. The molecule has 2 saturated carbocycles. The molecule has 8 heteroatoms. The second kappa shape index (κ2) is 5.43. The van der Waals surface area contributed by atoms with Gasteiger partial charge in [0, 0.05) is 12.1 Å². The van der Waals surface area contributed by atoms with Gasteiger partial charge in [0.05, 0.1) is 5.75 Å². The number of hydrogen-bond donors (Lipinski definition) is 1. The molecule has 1 aromatic heterocycles. The van der Waals surface area contributed by atoms with Crippen molar-refractivity contribution < 1.29 is 14.7 Å². The van der Waals surface area contributed by atoms with Crippen LogP contribution in [0.3, 0.4) is 0 Å². The number of amides is 1. The lowest BCUT2D eigenvalue weighted by molar-refractivity contribution is -0.143. The lowest BCUT2D eigenvalue weighted by atomic mass is 10.4. The minimum atomic E-state index is -0.962. The molecular weight excluding hydrogens is 280 g/mol. The molecule has 0 spiro atoms. The van der Waals surface area contributed by atoms with Crippen LogP contribution in [0.25, 0.3) is 0 Å². The zero-order valence-corrected chi connectivity index (χ0v) is 11.8. The number of thioether (sulfide) groups is 1. The lowest BCUT2D eigenvalue weighted by Gasteiger charge is -2.19. The molecule has 2 aliphatic carbocycles. The van der Waals surface area contributed by atoms with E-state index >= 15 is 0 Å². The van der Waals surface area contributed by atoms with E-state index in [0.717, 1.165) is 30.8 Å². The van der Waals surface area contributed by atoms with Crippen LogP contribution >= 0.6 is 11.8 Å². The highest BCUT2D eigenvalue weighted by molar-refractivity contribution is 7.99. The van der Waals surface area contributed by atoms with Crippen LogP contribution < -0.4 is 0 Å². The summed E-state index contributed by atoms with van der Waals surface area (Å²) in [5.41, 5.74) is 0. The molecule has 7 nitrogen and oxygen atoms in total. The molecular formula is C12H16N4O3S. The first-order valence-electron chi connectivity index (χ1n) is 6.68. The third-order valence-corrected chi connectivity index (χ3v) is 4.36. The van der Waals surface area contributed by atoms with Gasteiger partial charge in [-0.3, -0.25) is 9.59 Å². The maximum absolute atomic E-state index is 12.1. The van der Waals surface area contributed by atoms with Crippen molar-refractivity contribution in [3.05, 3.63) is 6.33 Å². The van der Waals surface area contributed by atoms with Gasteiger partial charge in [-0.2, -0.15) is 0 Å². The summed E-state index contributed by atoms with van der Waals surface area (Å²) in [4.78, 5) is 24.4. The standard InChI is InChI=1S/C12H16N4O3S/c17-10(15(5-11(18)19)8-1-2-8)6-20-12-14-13-7-16(12)9-3-4-9/h7-9H,1-6H2,(H,18,19). The van der Waals surface area contributed by atoms with Crippen molar-refractivity contribution in [2.75, 3.05) is 12.3 Å². The molecule has 0 aromatic carbocycles. The summed E-state index contributed by atoms with van der Waals surface area (Å²) in [6.45, 7) is -0.209. The van der Waals surface area contributed by atoms with E-state index in [9.17, 15) is 9.59 Å². The van der Waals surface area contributed by atoms with Gasteiger partial charge in [0.1, 0.15) is 12.9 Å². The number of carboxylic acid groups (broad SMARTS) is 1. The van der Waals surface area contributed by atoms with E-state index in [1.807, 2.05) is 4.57 Å². The Balaban J connectivity index is 1.57. The van der Waals surface area contributed by atoms with Gasteiger partial charge in [0.15, 0.2) is 5.16 Å². The second-order valence-corrected chi connectivity index (χ2v) is 6.13. The highest BCUT2D eigenvalue weighted by Gasteiger charge is 2.34. The second-order valence-electron chi connectivity index (χ2n) is 5.19. The Morgan fingerprint density at radius 1 is 1.40 bits per heavy atom. The van der Waals surface area contributed by atoms with Crippen LogP contribution in [0, 0.1) is 0 Å². The van der Waals surface area contributed by atoms with Crippen molar-refractivity contribution in [2.45, 2.75) is 42.9 Å². The average molecular weight is 296 g/mol. The third kappa shape index (κ3) is 3.12. The maximum atomic E-state index is 12.1. The molecule has 0 bridgehead atoms. The summed E-state index contributed by atoms with van der Waals surface area (Å²) in [6.07, 6.45) is 5.77. The molecule has 2 fully saturated rings. The first-order valence-corrected chi connectivity index (χ1v) is 7.67. The van der Waals surface area contributed by atoms with E-state index in [4.69, 9.17) is 5.11 Å². The van der Waals surface area contributed by atoms with Crippen LogP contribution in [0.5, 0.6) is 0 Å². The number of nitrogens with zero attached hydrogens (tertiary/aromatic N) is 4. The van der Waals surface area contributed by atoms with Crippen LogP contribution in [0.15, 0.2) is 11.5 Å². The molecule has 0 atom stereocenters. The average Bonchev–Trinajstić information content (AvgIpc) is 3.32. The fourth-order valence-corrected chi connectivity index (χ4v) is 2.97. The van der Waals surface area contributed by atoms with Crippen LogP contribution in [0.2, 0.25) is 0 Å². The quantitative estimate of drug-likeness (QED) is 0.748. The van der Waals surface area contributed by atoms with Gasteiger partial charge >= 0.3 is 5.97 Å². The SMILES string of the molecule is O=C(O)CN(C(=O)CSc1nncn1C1CC1)C1CC1. The lowest BCUT2D eigenvalue weighted by Crippen LogP contribution is -2.38. The van der Waals surface area contributed by atoms with E-state index < -0.39 is 5.97 Å². The molecule has 0 aliphatic heterocycles. The Bertz CT molecular complexity index is 525. The number of aliphatic carboxylic acids is 1. The maximum Gasteiger partial charge on any atom is 0.323 e. The van der Waals surface area contributed by atoms with E-state index in [-0.39, 0.29) is 24.2 Å². The largest absolute Gasteiger partial charge is 0.480 e. The molecule has 108 valence electrons. The molecule has 0 saturated heterocycles. The molecule has 2 aliphatic rings. The minimum absolute atomic E-state index is 0.112. The summed E-state index contributed by atoms with van der Waals surface area (Å²) in [5, 5.41) is 17.5. The van der Waals surface area contributed by atoms with Gasteiger partial charge in [-0.15, -0.1) is 10.2 Å². The van der Waals surface area contributed by atoms with E-state index in [2.05, 4.69) is 10.2 Å². The van der Waals surface area contributed by atoms with Crippen LogP contribution in [0.1, 0.15) is 31.7 Å². The van der Waals surface area contributed by atoms with Gasteiger partial charge < -0.3 is 14.6 Å². The summed E-state index contributed by atoms with van der Waals surface area (Å²) in [7, 11) is 0. The number of hydrogen-bond acceptors (Lipinski definition) is 5. The molecule has 0 unspecified atom stereocenters. The third-order valence-electron chi connectivity index (χ3n) is 3.42. The van der Waals surface area contributed by atoms with Gasteiger partial charge in [-0.05, 0) is 25.7 Å². The highest BCUT2D eigenvalue weighted by atomic mass is 32.2. The molecule has 20 heavy (non-hydrogen) atoms. The molecule has 3 rings (SSSR count). The predicted molar refractivity (Wildman–Crippen MR) is 71.4 cm³/mol. The fraction of sp³-hybridized carbons (Fsp3) is 0.667. The van der Waals surface area contributed by atoms with Crippen molar-refractivity contribution in [3.63, 3.8) is 0 Å². The van der Waals surface area contributed by atoms with Gasteiger partial charge in [0.25, 0.3) is 0 Å². The zero-order valence-electron chi connectivity index (χ0n) is 10.9. The molecule has 1 N–H and O–H groups in total. The zero-order chi connectivity index (χ0) is 14.1. The van der Waals surface area contributed by atoms with Crippen molar-refractivity contribution in [1.82, 2.24) is 19.7 Å².